The number of nitrogens with zero attached hydrogens (tertiary/aromatic N) is 2. The summed E-state index contributed by atoms with van der Waals surface area (Å²) in [6, 6.07) is 10.2. The molecule has 44 heavy (non-hydrogen) atoms. The smallest absolute Gasteiger partial charge is 0.274 e. The molecule has 0 saturated heterocycles. The van der Waals surface area contributed by atoms with Gasteiger partial charge in [0.25, 0.3) is 12.3 Å². The number of amides is 1. The van der Waals surface area contributed by atoms with E-state index in [0.717, 1.165) is 18.2 Å². The lowest BCUT2D eigenvalue weighted by atomic mass is 9.83. The zero-order chi connectivity index (χ0) is 31.8. The Morgan fingerprint density at radius 2 is 1.84 bits per heavy atom. The van der Waals surface area contributed by atoms with Crippen molar-refractivity contribution in [2.24, 2.45) is 0 Å². The predicted octanol–water partition coefficient (Wildman–Crippen LogP) is 4.70. The highest BCUT2D eigenvalue weighted by molar-refractivity contribution is 6.00. The normalized spacial score (nSPS) is 15.1. The van der Waals surface area contributed by atoms with E-state index < -0.39 is 61.4 Å². The monoisotopic (exact) mass is 617 g/mol. The minimum absolute atomic E-state index is 0.0000963. The van der Waals surface area contributed by atoms with Crippen LogP contribution < -0.4 is 14.8 Å². The van der Waals surface area contributed by atoms with Crippen LogP contribution in [0.15, 0.2) is 48.5 Å². The predicted molar refractivity (Wildman–Crippen MR) is 150 cm³/mol. The molecular formula is C31H28F5N3O5. The average Bonchev–Trinajstić information content (AvgIpc) is 3.41. The van der Waals surface area contributed by atoms with Gasteiger partial charge in [0.1, 0.15) is 48.5 Å². The fraction of sp³-hybridized carbons (Fsp3) is 0.323. The number of halogens is 5. The summed E-state index contributed by atoms with van der Waals surface area (Å²) in [5.41, 5.74) is -4.26. The second-order valence-corrected chi connectivity index (χ2v) is 10.6. The number of hydrogen-bond donors (Lipinski definition) is 3. The van der Waals surface area contributed by atoms with Gasteiger partial charge in [0.05, 0.1) is 37.1 Å². The molecule has 4 aromatic rings. The second-order valence-electron chi connectivity index (χ2n) is 10.6. The van der Waals surface area contributed by atoms with E-state index in [9.17, 15) is 37.0 Å². The van der Waals surface area contributed by atoms with Gasteiger partial charge in [0.15, 0.2) is 5.60 Å². The van der Waals surface area contributed by atoms with Gasteiger partial charge in [-0.3, -0.25) is 4.79 Å². The van der Waals surface area contributed by atoms with Gasteiger partial charge in [0.2, 0.25) is 0 Å². The molecule has 0 fully saturated rings. The molecule has 1 aliphatic rings. The van der Waals surface area contributed by atoms with Crippen LogP contribution in [0.4, 0.5) is 22.0 Å². The van der Waals surface area contributed by atoms with Crippen LogP contribution in [-0.2, 0) is 17.6 Å². The summed E-state index contributed by atoms with van der Waals surface area (Å²) < 4.78 is 82.3. The molecule has 1 atom stereocenters. The van der Waals surface area contributed by atoms with Gasteiger partial charge in [-0.05, 0) is 61.0 Å². The summed E-state index contributed by atoms with van der Waals surface area (Å²) in [4.78, 5) is 21.8. The van der Waals surface area contributed by atoms with Gasteiger partial charge in [0, 0.05) is 22.1 Å². The van der Waals surface area contributed by atoms with Crippen LogP contribution in [-0.4, -0.2) is 66.1 Å². The maximum absolute atomic E-state index is 14.6. The van der Waals surface area contributed by atoms with E-state index in [-0.39, 0.29) is 40.5 Å². The molecule has 0 bridgehead atoms. The number of carbonyl (C=O) groups is 1. The highest BCUT2D eigenvalue weighted by atomic mass is 19.3. The molecule has 0 spiro atoms. The Kier molecular flexibility index (Phi) is 8.45. The number of pyridine rings is 2. The summed E-state index contributed by atoms with van der Waals surface area (Å²) >= 11 is 0. The first-order chi connectivity index (χ1) is 21.0. The number of rotatable bonds is 10. The van der Waals surface area contributed by atoms with E-state index in [1.807, 2.05) is 0 Å². The van der Waals surface area contributed by atoms with Crippen molar-refractivity contribution >= 4 is 16.8 Å². The number of aliphatic hydroxyl groups excluding tert-OH is 1. The summed E-state index contributed by atoms with van der Waals surface area (Å²) in [7, 11) is 1.35. The Labute approximate surface area is 248 Å². The van der Waals surface area contributed by atoms with Gasteiger partial charge in [-0.1, -0.05) is 0 Å². The van der Waals surface area contributed by atoms with E-state index in [0.29, 0.717) is 22.2 Å². The minimum Gasteiger partial charge on any atom is -0.494 e. The van der Waals surface area contributed by atoms with Crippen molar-refractivity contribution in [3.05, 3.63) is 82.4 Å². The third kappa shape index (κ3) is 5.30. The third-order valence-corrected chi connectivity index (χ3v) is 7.80. The molecule has 1 aliphatic heterocycles. The number of methoxy groups -OCH3 is 1. The molecule has 0 saturated carbocycles. The average molecular weight is 618 g/mol. The van der Waals surface area contributed by atoms with E-state index >= 15 is 0 Å². The maximum atomic E-state index is 14.6. The summed E-state index contributed by atoms with van der Waals surface area (Å²) in [6.45, 7) is -2.55. The number of aryl methyl sites for hydroxylation is 1. The van der Waals surface area contributed by atoms with Crippen LogP contribution in [0.3, 0.4) is 0 Å². The number of benzene rings is 2. The molecule has 1 amide bonds. The molecule has 232 valence electrons. The van der Waals surface area contributed by atoms with E-state index in [1.165, 1.54) is 31.4 Å². The Morgan fingerprint density at radius 1 is 1.14 bits per heavy atom. The summed E-state index contributed by atoms with van der Waals surface area (Å²) in [5, 5.41) is 23.6. The molecule has 0 radical (unpaired) electrons. The van der Waals surface area contributed by atoms with Crippen molar-refractivity contribution in [2.45, 2.75) is 31.0 Å². The number of ether oxygens (including phenoxy) is 2. The molecule has 13 heteroatoms. The highest BCUT2D eigenvalue weighted by Crippen LogP contribution is 2.46. The van der Waals surface area contributed by atoms with Crippen molar-refractivity contribution in [3.63, 3.8) is 0 Å². The van der Waals surface area contributed by atoms with Gasteiger partial charge in [-0.15, -0.1) is 0 Å². The second kappa shape index (κ2) is 12.0. The first kappa shape index (κ1) is 31.1. The Morgan fingerprint density at radius 3 is 2.45 bits per heavy atom. The van der Waals surface area contributed by atoms with E-state index in [4.69, 9.17) is 9.47 Å². The standard InChI is InChI=1S/C31H28F5N3O5/c1-16-7-18-8-19(9-23(43-2)25(18)38-22(16)11-40)28(41)37-14-31(42,29(35)36)24-10-21-27(44-15-30(21,12-32)13-33)26(39-24)17-3-5-20(34)6-4-17/h3-10,29,40,42H,11-15H2,1-2H3,(H,37,41). The van der Waals surface area contributed by atoms with Gasteiger partial charge in [-0.2, -0.15) is 0 Å². The zero-order valence-corrected chi connectivity index (χ0v) is 23.6. The molecule has 3 N–H and O–H groups in total. The Bertz CT molecular complexity index is 1720. The van der Waals surface area contributed by atoms with Crippen LogP contribution in [0.2, 0.25) is 0 Å². The third-order valence-electron chi connectivity index (χ3n) is 7.80. The number of aliphatic hydroxyl groups is 2. The number of aromatic nitrogens is 2. The van der Waals surface area contributed by atoms with Gasteiger partial charge >= 0.3 is 0 Å². The fourth-order valence-corrected chi connectivity index (χ4v) is 5.09. The molecule has 2 aromatic carbocycles. The lowest BCUT2D eigenvalue weighted by molar-refractivity contribution is -0.101. The van der Waals surface area contributed by atoms with Crippen LogP contribution >= 0.6 is 0 Å². The molecule has 3 heterocycles. The molecule has 2 aromatic heterocycles. The molecular weight excluding hydrogens is 589 g/mol. The van der Waals surface area contributed by atoms with Crippen molar-refractivity contribution in [1.82, 2.24) is 15.3 Å². The van der Waals surface area contributed by atoms with Crippen LogP contribution in [0.25, 0.3) is 22.2 Å². The zero-order valence-electron chi connectivity index (χ0n) is 23.6. The fourth-order valence-electron chi connectivity index (χ4n) is 5.09. The number of nitrogens with one attached hydrogen (secondary N) is 1. The molecule has 0 aliphatic carbocycles. The lowest BCUT2D eigenvalue weighted by Crippen LogP contribution is -2.46. The highest BCUT2D eigenvalue weighted by Gasteiger charge is 2.48. The number of carbonyl (C=O) groups excluding carboxylic acids is 1. The SMILES string of the molecule is COc1cc(C(=O)NCC(O)(c2cc3c(c(-c4ccc(F)cc4)n2)OCC3(CF)CF)C(F)F)cc2cc(C)c(CO)nc12. The maximum Gasteiger partial charge on any atom is 0.274 e. The first-order valence-corrected chi connectivity index (χ1v) is 13.4. The first-order valence-electron chi connectivity index (χ1n) is 13.4. The topological polar surface area (TPSA) is 114 Å². The molecule has 5 rings (SSSR count). The van der Waals surface area contributed by atoms with Gasteiger partial charge < -0.3 is 25.0 Å². The van der Waals surface area contributed by atoms with Gasteiger partial charge in [-0.25, -0.2) is 31.9 Å². The van der Waals surface area contributed by atoms with Crippen molar-refractivity contribution in [2.75, 3.05) is 33.6 Å². The van der Waals surface area contributed by atoms with Crippen molar-refractivity contribution < 1.29 is 46.4 Å². The molecule has 8 nitrogen and oxygen atoms in total. The van der Waals surface area contributed by atoms with Crippen molar-refractivity contribution in [3.8, 4) is 22.8 Å². The number of hydrogen-bond acceptors (Lipinski definition) is 7. The van der Waals surface area contributed by atoms with Crippen molar-refractivity contribution in [1.29, 1.82) is 0 Å². The number of alkyl halides is 4. The van der Waals surface area contributed by atoms with E-state index in [2.05, 4.69) is 15.3 Å². The van der Waals surface area contributed by atoms with Crippen LogP contribution in [0.1, 0.15) is 32.9 Å². The Hall–Kier alpha value is -4.36. The van der Waals surface area contributed by atoms with Crippen LogP contribution in [0.5, 0.6) is 11.5 Å². The largest absolute Gasteiger partial charge is 0.494 e. The Balaban J connectivity index is 1.54. The van der Waals surface area contributed by atoms with E-state index in [1.54, 1.807) is 13.0 Å². The summed E-state index contributed by atoms with van der Waals surface area (Å²) in [5.74, 6) is -1.34. The summed E-state index contributed by atoms with van der Waals surface area (Å²) in [6.07, 6.45) is -3.52. The number of fused-ring (bicyclic) bond motifs is 2. The quantitative estimate of drug-likeness (QED) is 0.221. The van der Waals surface area contributed by atoms with Crippen LogP contribution in [0, 0.1) is 12.7 Å². The minimum atomic E-state index is -3.52. The lowest BCUT2D eigenvalue weighted by Gasteiger charge is -2.29. The molecule has 1 unspecified atom stereocenters.